The van der Waals surface area contributed by atoms with Gasteiger partial charge < -0.3 is 20.1 Å². The zero-order valence-corrected chi connectivity index (χ0v) is 21.5. The summed E-state index contributed by atoms with van der Waals surface area (Å²) in [6.07, 6.45) is 2.99. The number of halogens is 1. The molecule has 6 nitrogen and oxygen atoms in total. The number of nitrogens with zero attached hydrogens (tertiary/aromatic N) is 2. The second-order valence-electron chi connectivity index (χ2n) is 7.41. The second kappa shape index (κ2) is 15.9. The minimum atomic E-state index is 0. The van der Waals surface area contributed by atoms with Crippen molar-refractivity contribution in [3.05, 3.63) is 59.9 Å². The Balaban J connectivity index is 0.00000480. The molecule has 2 N–H and O–H groups in total. The molecule has 0 radical (unpaired) electrons. The molecule has 0 saturated heterocycles. The van der Waals surface area contributed by atoms with Crippen molar-refractivity contribution in [1.82, 2.24) is 15.6 Å². The minimum Gasteiger partial charge on any atom is -0.487 e. The van der Waals surface area contributed by atoms with Gasteiger partial charge in [-0.05, 0) is 56.0 Å². The molecule has 0 saturated carbocycles. The summed E-state index contributed by atoms with van der Waals surface area (Å²) in [6, 6.07) is 13.9. The zero-order valence-electron chi connectivity index (χ0n) is 19.1. The number of rotatable bonds is 12. The van der Waals surface area contributed by atoms with Gasteiger partial charge in [0.1, 0.15) is 12.4 Å². The van der Waals surface area contributed by atoms with Crippen LogP contribution in [0.5, 0.6) is 5.75 Å². The monoisotopic (exact) mass is 540 g/mol. The Labute approximate surface area is 204 Å². The fourth-order valence-electron chi connectivity index (χ4n) is 3.04. The van der Waals surface area contributed by atoms with E-state index in [2.05, 4.69) is 42.5 Å². The number of pyridine rings is 1. The van der Waals surface area contributed by atoms with Gasteiger partial charge in [-0.15, -0.1) is 24.0 Å². The van der Waals surface area contributed by atoms with Gasteiger partial charge >= 0.3 is 0 Å². The third-order valence-electron chi connectivity index (χ3n) is 4.62. The van der Waals surface area contributed by atoms with E-state index in [4.69, 9.17) is 14.5 Å². The fourth-order valence-corrected chi connectivity index (χ4v) is 3.04. The molecule has 0 bridgehead atoms. The van der Waals surface area contributed by atoms with E-state index in [9.17, 15) is 0 Å². The molecule has 2 rings (SSSR count). The van der Waals surface area contributed by atoms with Gasteiger partial charge in [-0.1, -0.05) is 32.0 Å². The van der Waals surface area contributed by atoms with E-state index in [1.807, 2.05) is 43.3 Å². The summed E-state index contributed by atoms with van der Waals surface area (Å²) in [5.74, 6) is 2.14. The first-order valence-corrected chi connectivity index (χ1v) is 10.9. The van der Waals surface area contributed by atoms with Crippen LogP contribution in [-0.4, -0.2) is 36.7 Å². The Kier molecular flexibility index (Phi) is 13.9. The maximum atomic E-state index is 5.87. The molecule has 2 aromatic rings. The highest BCUT2D eigenvalue weighted by Crippen LogP contribution is 2.15. The lowest BCUT2D eigenvalue weighted by atomic mass is 10.0. The van der Waals surface area contributed by atoms with Gasteiger partial charge in [0.05, 0.1) is 18.3 Å². The Hall–Kier alpha value is -1.87. The lowest BCUT2D eigenvalue weighted by molar-refractivity contribution is 0.0258. The number of ether oxygens (including phenoxy) is 2. The summed E-state index contributed by atoms with van der Waals surface area (Å²) >= 11 is 0. The molecule has 0 amide bonds. The number of nitrogens with one attached hydrogen (secondary N) is 2. The van der Waals surface area contributed by atoms with Gasteiger partial charge in [-0.25, -0.2) is 4.99 Å². The van der Waals surface area contributed by atoms with Crippen LogP contribution < -0.4 is 15.4 Å². The summed E-state index contributed by atoms with van der Waals surface area (Å²) in [7, 11) is 0. The number of aromatic nitrogens is 1. The first-order chi connectivity index (χ1) is 14.6. The van der Waals surface area contributed by atoms with Crippen molar-refractivity contribution in [1.29, 1.82) is 0 Å². The molecule has 1 unspecified atom stereocenters. The van der Waals surface area contributed by atoms with Crippen molar-refractivity contribution in [3.63, 3.8) is 0 Å². The van der Waals surface area contributed by atoms with E-state index in [-0.39, 0.29) is 30.1 Å². The molecule has 0 aliphatic rings. The molecule has 172 valence electrons. The van der Waals surface area contributed by atoms with Crippen LogP contribution in [0.4, 0.5) is 0 Å². The molecule has 7 heteroatoms. The summed E-state index contributed by atoms with van der Waals surface area (Å²) < 4.78 is 11.7. The van der Waals surface area contributed by atoms with Crippen LogP contribution in [0.15, 0.2) is 53.7 Å². The Morgan fingerprint density at radius 1 is 1.10 bits per heavy atom. The van der Waals surface area contributed by atoms with Crippen LogP contribution in [0.2, 0.25) is 0 Å². The molecule has 1 atom stereocenters. The SMILES string of the molecule is CCNC(=NCc1cccc(OCc2ccccn2)c1)NCCC(OCC)C(C)C.I. The number of hydrogen-bond acceptors (Lipinski definition) is 4. The average molecular weight is 540 g/mol. The predicted octanol–water partition coefficient (Wildman–Crippen LogP) is 4.78. The summed E-state index contributed by atoms with van der Waals surface area (Å²) in [5.41, 5.74) is 2.01. The lowest BCUT2D eigenvalue weighted by Gasteiger charge is -2.21. The largest absolute Gasteiger partial charge is 0.487 e. The van der Waals surface area contributed by atoms with Crippen molar-refractivity contribution >= 4 is 29.9 Å². The molecule has 1 aromatic heterocycles. The predicted molar refractivity (Wildman–Crippen MR) is 138 cm³/mol. The maximum Gasteiger partial charge on any atom is 0.191 e. The molecule has 0 spiro atoms. The van der Waals surface area contributed by atoms with Gasteiger partial charge in [-0.2, -0.15) is 0 Å². The molecule has 1 heterocycles. The molecule has 1 aromatic carbocycles. The van der Waals surface area contributed by atoms with Gasteiger partial charge in [-0.3, -0.25) is 4.98 Å². The molecular weight excluding hydrogens is 503 g/mol. The first kappa shape index (κ1) is 27.2. The fraction of sp³-hybridized carbons (Fsp3) is 0.500. The number of benzene rings is 1. The smallest absolute Gasteiger partial charge is 0.191 e. The van der Waals surface area contributed by atoms with E-state index in [0.717, 1.165) is 49.1 Å². The summed E-state index contributed by atoms with van der Waals surface area (Å²) in [4.78, 5) is 9.00. The van der Waals surface area contributed by atoms with Crippen LogP contribution >= 0.6 is 24.0 Å². The van der Waals surface area contributed by atoms with Crippen LogP contribution in [0.25, 0.3) is 0 Å². The standard InChI is InChI=1S/C24H36N4O2.HI/c1-5-25-24(27-15-13-23(19(3)4)29-6-2)28-17-20-10-9-12-22(16-20)30-18-21-11-7-8-14-26-21;/h7-12,14,16,19,23H,5-6,13,15,17-18H2,1-4H3,(H2,25,27,28);1H. The van der Waals surface area contributed by atoms with Crippen molar-refractivity contribution in [2.45, 2.75) is 53.4 Å². The highest BCUT2D eigenvalue weighted by atomic mass is 127. The molecule has 31 heavy (non-hydrogen) atoms. The molecule has 0 fully saturated rings. The summed E-state index contributed by atoms with van der Waals surface area (Å²) in [5, 5.41) is 6.72. The first-order valence-electron chi connectivity index (χ1n) is 10.9. The molecular formula is C24H37IN4O2. The Morgan fingerprint density at radius 3 is 2.61 bits per heavy atom. The third kappa shape index (κ3) is 10.8. The van der Waals surface area contributed by atoms with Crippen LogP contribution in [0, 0.1) is 5.92 Å². The van der Waals surface area contributed by atoms with Gasteiger partial charge in [0, 0.05) is 25.9 Å². The zero-order chi connectivity index (χ0) is 21.6. The van der Waals surface area contributed by atoms with E-state index in [1.165, 1.54) is 0 Å². The molecule has 0 aliphatic carbocycles. The normalized spacial score (nSPS) is 12.2. The van der Waals surface area contributed by atoms with Crippen molar-refractivity contribution in [3.8, 4) is 5.75 Å². The quantitative estimate of drug-likeness (QED) is 0.230. The second-order valence-corrected chi connectivity index (χ2v) is 7.41. The van der Waals surface area contributed by atoms with E-state index >= 15 is 0 Å². The molecule has 0 aliphatic heterocycles. The van der Waals surface area contributed by atoms with E-state index in [0.29, 0.717) is 19.1 Å². The van der Waals surface area contributed by atoms with Gasteiger partial charge in [0.2, 0.25) is 0 Å². The van der Waals surface area contributed by atoms with Crippen molar-refractivity contribution in [2.24, 2.45) is 10.9 Å². The average Bonchev–Trinajstić information content (AvgIpc) is 2.76. The van der Waals surface area contributed by atoms with Crippen LogP contribution in [0.3, 0.4) is 0 Å². The van der Waals surface area contributed by atoms with Crippen molar-refractivity contribution < 1.29 is 9.47 Å². The maximum absolute atomic E-state index is 5.87. The lowest BCUT2D eigenvalue weighted by Crippen LogP contribution is -2.39. The summed E-state index contributed by atoms with van der Waals surface area (Å²) in [6.45, 7) is 11.9. The topological polar surface area (TPSA) is 67.8 Å². The van der Waals surface area contributed by atoms with Gasteiger partial charge in [0.25, 0.3) is 0 Å². The number of aliphatic imine (C=N–C) groups is 1. The highest BCUT2D eigenvalue weighted by molar-refractivity contribution is 14.0. The Bertz CT molecular complexity index is 756. The van der Waals surface area contributed by atoms with Gasteiger partial charge in [0.15, 0.2) is 5.96 Å². The van der Waals surface area contributed by atoms with Crippen LogP contribution in [-0.2, 0) is 17.9 Å². The van der Waals surface area contributed by atoms with Crippen molar-refractivity contribution in [2.75, 3.05) is 19.7 Å². The highest BCUT2D eigenvalue weighted by Gasteiger charge is 2.13. The Morgan fingerprint density at radius 2 is 1.94 bits per heavy atom. The third-order valence-corrected chi connectivity index (χ3v) is 4.62. The minimum absolute atomic E-state index is 0. The number of hydrogen-bond donors (Lipinski definition) is 2. The van der Waals surface area contributed by atoms with E-state index < -0.39 is 0 Å². The van der Waals surface area contributed by atoms with Crippen LogP contribution in [0.1, 0.15) is 45.4 Å². The number of guanidine groups is 1. The van der Waals surface area contributed by atoms with E-state index in [1.54, 1.807) is 6.20 Å².